The van der Waals surface area contributed by atoms with Crippen LogP contribution >= 0.6 is 11.3 Å². The highest BCUT2D eigenvalue weighted by molar-refractivity contribution is 7.10. The summed E-state index contributed by atoms with van der Waals surface area (Å²) in [5.41, 5.74) is 4.58. The molecule has 0 saturated heterocycles. The lowest BCUT2D eigenvalue weighted by Gasteiger charge is -2.46. The summed E-state index contributed by atoms with van der Waals surface area (Å²) < 4.78 is 5.97. The van der Waals surface area contributed by atoms with Crippen molar-refractivity contribution in [2.75, 3.05) is 7.11 Å². The lowest BCUT2D eigenvalue weighted by atomic mass is 9.68. The third-order valence-electron chi connectivity index (χ3n) is 4.71. The zero-order valence-electron chi connectivity index (χ0n) is 12.5. The second-order valence-electron chi connectivity index (χ2n) is 6.50. The van der Waals surface area contributed by atoms with Crippen molar-refractivity contribution in [2.45, 2.75) is 58.1 Å². The number of aryl methyl sites for hydroxylation is 1. The summed E-state index contributed by atoms with van der Waals surface area (Å²) in [4.78, 5) is 1.31. The number of thiophene rings is 1. The monoisotopic (exact) mass is 282 g/mol. The topological polar surface area (TPSA) is 47.3 Å². The first-order valence-electron chi connectivity index (χ1n) is 6.99. The highest BCUT2D eigenvalue weighted by Gasteiger charge is 2.45. The van der Waals surface area contributed by atoms with Crippen LogP contribution in [-0.2, 0) is 4.74 Å². The lowest BCUT2D eigenvalue weighted by Crippen LogP contribution is -2.50. The number of rotatable bonds is 4. The van der Waals surface area contributed by atoms with Gasteiger partial charge in [-0.15, -0.1) is 11.3 Å². The van der Waals surface area contributed by atoms with Crippen LogP contribution in [0.4, 0.5) is 0 Å². The highest BCUT2D eigenvalue weighted by atomic mass is 32.1. The first-order chi connectivity index (χ1) is 8.94. The molecule has 2 rings (SSSR count). The minimum Gasteiger partial charge on any atom is -0.376 e. The van der Waals surface area contributed by atoms with Gasteiger partial charge in [0.2, 0.25) is 0 Å². The average molecular weight is 282 g/mol. The number of methoxy groups -OCH3 is 1. The van der Waals surface area contributed by atoms with Gasteiger partial charge in [0.15, 0.2) is 0 Å². The van der Waals surface area contributed by atoms with Gasteiger partial charge < -0.3 is 4.74 Å². The second kappa shape index (κ2) is 5.52. The van der Waals surface area contributed by atoms with E-state index >= 15 is 0 Å². The van der Waals surface area contributed by atoms with Crippen LogP contribution in [0, 0.1) is 12.3 Å². The number of hydrogen-bond acceptors (Lipinski definition) is 4. The summed E-state index contributed by atoms with van der Waals surface area (Å²) in [5, 5.41) is 2.13. The van der Waals surface area contributed by atoms with Gasteiger partial charge in [0.25, 0.3) is 0 Å². The molecule has 1 aliphatic carbocycles. The van der Waals surface area contributed by atoms with Gasteiger partial charge in [-0.1, -0.05) is 13.8 Å². The first kappa shape index (κ1) is 15.0. The van der Waals surface area contributed by atoms with Gasteiger partial charge >= 0.3 is 0 Å². The normalized spacial score (nSPS) is 23.2. The number of hydrogen-bond donors (Lipinski definition) is 2. The Morgan fingerprint density at radius 2 is 1.95 bits per heavy atom. The van der Waals surface area contributed by atoms with Crippen LogP contribution in [0.2, 0.25) is 0 Å². The molecule has 1 fully saturated rings. The van der Waals surface area contributed by atoms with Gasteiger partial charge in [-0.25, -0.2) is 5.43 Å². The molecule has 1 aliphatic rings. The fourth-order valence-corrected chi connectivity index (χ4v) is 4.20. The maximum Gasteiger partial charge on any atom is 0.0893 e. The predicted octanol–water partition coefficient (Wildman–Crippen LogP) is 3.55. The van der Waals surface area contributed by atoms with Gasteiger partial charge in [0.05, 0.1) is 11.6 Å². The van der Waals surface area contributed by atoms with Crippen LogP contribution in [0.1, 0.15) is 56.0 Å². The molecular formula is C15H26N2OS. The van der Waals surface area contributed by atoms with E-state index in [1.54, 1.807) is 11.3 Å². The molecule has 0 aliphatic heterocycles. The molecule has 0 aromatic carbocycles. The Bertz CT molecular complexity index is 418. The lowest BCUT2D eigenvalue weighted by molar-refractivity contribution is -0.0870. The molecule has 1 unspecified atom stereocenters. The second-order valence-corrected chi connectivity index (χ2v) is 7.45. The Kier molecular flexibility index (Phi) is 4.35. The van der Waals surface area contributed by atoms with Gasteiger partial charge in [0.1, 0.15) is 0 Å². The van der Waals surface area contributed by atoms with Crippen molar-refractivity contribution in [3.8, 4) is 0 Å². The molecule has 1 aromatic heterocycles. The van der Waals surface area contributed by atoms with E-state index in [2.05, 4.69) is 37.6 Å². The van der Waals surface area contributed by atoms with Crippen molar-refractivity contribution < 1.29 is 4.74 Å². The van der Waals surface area contributed by atoms with E-state index in [0.29, 0.717) is 5.41 Å². The molecule has 1 heterocycles. The van der Waals surface area contributed by atoms with Crippen LogP contribution in [0.25, 0.3) is 0 Å². The van der Waals surface area contributed by atoms with Crippen LogP contribution in [0.15, 0.2) is 11.4 Å². The Hall–Kier alpha value is -0.420. The van der Waals surface area contributed by atoms with Crippen LogP contribution in [0.5, 0.6) is 0 Å². The Labute approximate surface area is 120 Å². The van der Waals surface area contributed by atoms with Crippen molar-refractivity contribution in [3.05, 3.63) is 21.9 Å². The molecule has 1 atom stereocenters. The fourth-order valence-electron chi connectivity index (χ4n) is 3.11. The number of nitrogens with one attached hydrogen (secondary N) is 1. The minimum absolute atomic E-state index is 0.0913. The van der Waals surface area contributed by atoms with Crippen molar-refractivity contribution in [1.82, 2.24) is 5.43 Å². The summed E-state index contributed by atoms with van der Waals surface area (Å²) in [7, 11) is 1.82. The van der Waals surface area contributed by atoms with Gasteiger partial charge in [-0.3, -0.25) is 5.84 Å². The summed E-state index contributed by atoms with van der Waals surface area (Å²) in [6.45, 7) is 6.83. The van der Waals surface area contributed by atoms with Gasteiger partial charge in [0, 0.05) is 12.0 Å². The summed E-state index contributed by atoms with van der Waals surface area (Å²) in [5.74, 6) is 5.87. The van der Waals surface area contributed by atoms with E-state index in [0.717, 1.165) is 12.8 Å². The maximum absolute atomic E-state index is 5.97. The van der Waals surface area contributed by atoms with E-state index in [1.807, 2.05) is 7.11 Å². The smallest absolute Gasteiger partial charge is 0.0893 e. The quantitative estimate of drug-likeness (QED) is 0.656. The van der Waals surface area contributed by atoms with Crippen molar-refractivity contribution in [1.29, 1.82) is 0 Å². The molecule has 3 nitrogen and oxygen atoms in total. The average Bonchev–Trinajstić information content (AvgIpc) is 2.79. The van der Waals surface area contributed by atoms with Gasteiger partial charge in [-0.2, -0.15) is 0 Å². The Morgan fingerprint density at radius 3 is 2.37 bits per heavy atom. The van der Waals surface area contributed by atoms with E-state index in [9.17, 15) is 0 Å². The van der Waals surface area contributed by atoms with Crippen molar-refractivity contribution in [3.63, 3.8) is 0 Å². The SMILES string of the molecule is COC1(C(NN)c2sccc2C)CCC(C)(C)CC1. The predicted molar refractivity (Wildman–Crippen MR) is 81.1 cm³/mol. The third kappa shape index (κ3) is 2.87. The molecule has 19 heavy (non-hydrogen) atoms. The largest absolute Gasteiger partial charge is 0.376 e. The van der Waals surface area contributed by atoms with Crippen molar-refractivity contribution in [2.24, 2.45) is 11.3 Å². The number of nitrogens with two attached hydrogens (primary N) is 1. The zero-order valence-corrected chi connectivity index (χ0v) is 13.3. The van der Waals surface area contributed by atoms with Crippen LogP contribution in [0.3, 0.4) is 0 Å². The van der Waals surface area contributed by atoms with E-state index < -0.39 is 0 Å². The fraction of sp³-hybridized carbons (Fsp3) is 0.733. The highest BCUT2D eigenvalue weighted by Crippen LogP contribution is 2.48. The zero-order chi connectivity index (χ0) is 14.1. The number of ether oxygens (including phenoxy) is 1. The molecule has 0 amide bonds. The van der Waals surface area contributed by atoms with Crippen LogP contribution < -0.4 is 11.3 Å². The minimum atomic E-state index is -0.167. The molecule has 108 valence electrons. The molecule has 3 N–H and O–H groups in total. The van der Waals surface area contributed by atoms with E-state index in [4.69, 9.17) is 10.6 Å². The number of hydrazine groups is 1. The van der Waals surface area contributed by atoms with Crippen molar-refractivity contribution >= 4 is 11.3 Å². The molecule has 4 heteroatoms. The Balaban J connectivity index is 2.27. The van der Waals surface area contributed by atoms with E-state index in [-0.39, 0.29) is 11.6 Å². The summed E-state index contributed by atoms with van der Waals surface area (Å²) >= 11 is 1.77. The van der Waals surface area contributed by atoms with Gasteiger partial charge in [-0.05, 0) is 55.0 Å². The van der Waals surface area contributed by atoms with E-state index in [1.165, 1.54) is 23.3 Å². The molecule has 1 saturated carbocycles. The first-order valence-corrected chi connectivity index (χ1v) is 7.87. The summed E-state index contributed by atoms with van der Waals surface area (Å²) in [6.07, 6.45) is 4.48. The standard InChI is InChI=1S/C15H26N2OS/c1-11-5-10-19-12(11)13(17-16)15(18-4)8-6-14(2,3)7-9-15/h5,10,13,17H,6-9,16H2,1-4H3. The molecule has 0 spiro atoms. The molecule has 0 radical (unpaired) electrons. The summed E-state index contributed by atoms with van der Waals surface area (Å²) in [6, 6.07) is 2.24. The van der Waals surface area contributed by atoms with Crippen LogP contribution in [-0.4, -0.2) is 12.7 Å². The maximum atomic E-state index is 5.97. The third-order valence-corrected chi connectivity index (χ3v) is 5.80. The molecular weight excluding hydrogens is 256 g/mol. The Morgan fingerprint density at radius 1 is 1.32 bits per heavy atom. The molecule has 1 aromatic rings. The molecule has 0 bridgehead atoms.